The number of H-pyrrole nitrogens is 1. The Hall–Kier alpha value is -2.87. The van der Waals surface area contributed by atoms with Crippen molar-refractivity contribution in [3.63, 3.8) is 0 Å². The molecule has 1 amide bonds. The van der Waals surface area contributed by atoms with Gasteiger partial charge in [-0.2, -0.15) is 0 Å². The van der Waals surface area contributed by atoms with Crippen molar-refractivity contribution >= 4 is 5.91 Å². The first-order valence-corrected chi connectivity index (χ1v) is 9.09. The molecule has 0 unspecified atom stereocenters. The average Bonchev–Trinajstić information content (AvgIpc) is 2.68. The van der Waals surface area contributed by atoms with Crippen LogP contribution in [-0.4, -0.2) is 64.6 Å². The van der Waals surface area contributed by atoms with E-state index in [-0.39, 0.29) is 18.9 Å². The fraction of sp³-hybridized carbons (Fsp3) is 0.421. The molecule has 0 spiro atoms. The van der Waals surface area contributed by atoms with Crippen LogP contribution in [0.15, 0.2) is 52.2 Å². The van der Waals surface area contributed by atoms with Crippen LogP contribution in [0.3, 0.4) is 0 Å². The van der Waals surface area contributed by atoms with E-state index in [0.717, 1.165) is 25.4 Å². The molecule has 0 atom stereocenters. The van der Waals surface area contributed by atoms with Crippen molar-refractivity contribution in [2.45, 2.75) is 13.0 Å². The fourth-order valence-electron chi connectivity index (χ4n) is 3.02. The third kappa shape index (κ3) is 5.55. The third-order valence-electron chi connectivity index (χ3n) is 4.61. The Labute approximate surface area is 157 Å². The van der Waals surface area contributed by atoms with E-state index in [0.29, 0.717) is 19.7 Å². The van der Waals surface area contributed by atoms with Crippen molar-refractivity contribution in [1.82, 2.24) is 19.4 Å². The largest absolute Gasteiger partial charge is 0.492 e. The summed E-state index contributed by atoms with van der Waals surface area (Å²) < 4.78 is 7.05. The van der Waals surface area contributed by atoms with Crippen molar-refractivity contribution in [2.24, 2.45) is 0 Å². The smallest absolute Gasteiger partial charge is 0.328 e. The molecule has 27 heavy (non-hydrogen) atoms. The molecule has 1 N–H and O–H groups in total. The van der Waals surface area contributed by atoms with Gasteiger partial charge in [0.15, 0.2) is 0 Å². The Kier molecular flexibility index (Phi) is 6.43. The number of piperazine rings is 1. The summed E-state index contributed by atoms with van der Waals surface area (Å²) in [5, 5.41) is 0. The number of hydrogen-bond acceptors (Lipinski definition) is 5. The molecular formula is C19H24N4O4. The lowest BCUT2D eigenvalue weighted by molar-refractivity contribution is -0.133. The Morgan fingerprint density at radius 2 is 1.74 bits per heavy atom. The lowest BCUT2D eigenvalue weighted by atomic mass is 10.2. The van der Waals surface area contributed by atoms with Gasteiger partial charge >= 0.3 is 5.69 Å². The van der Waals surface area contributed by atoms with E-state index in [4.69, 9.17) is 4.74 Å². The van der Waals surface area contributed by atoms with Crippen molar-refractivity contribution in [2.75, 3.05) is 39.3 Å². The van der Waals surface area contributed by atoms with Crippen LogP contribution >= 0.6 is 0 Å². The van der Waals surface area contributed by atoms with Gasteiger partial charge < -0.3 is 14.2 Å². The van der Waals surface area contributed by atoms with Crippen molar-refractivity contribution in [3.8, 4) is 5.75 Å². The number of benzene rings is 1. The highest BCUT2D eigenvalue weighted by atomic mass is 16.5. The van der Waals surface area contributed by atoms with E-state index in [9.17, 15) is 14.4 Å². The third-order valence-corrected chi connectivity index (χ3v) is 4.61. The maximum atomic E-state index is 12.4. The maximum Gasteiger partial charge on any atom is 0.328 e. The molecule has 1 aromatic carbocycles. The lowest BCUT2D eigenvalue weighted by Crippen LogP contribution is -2.49. The van der Waals surface area contributed by atoms with E-state index >= 15 is 0 Å². The highest BCUT2D eigenvalue weighted by Crippen LogP contribution is 2.09. The van der Waals surface area contributed by atoms with E-state index < -0.39 is 11.2 Å². The molecule has 0 saturated carbocycles. The first-order chi connectivity index (χ1) is 13.1. The second-order valence-corrected chi connectivity index (χ2v) is 6.44. The summed E-state index contributed by atoms with van der Waals surface area (Å²) >= 11 is 0. The average molecular weight is 372 g/mol. The summed E-state index contributed by atoms with van der Waals surface area (Å²) in [5.41, 5.74) is -0.923. The van der Waals surface area contributed by atoms with E-state index in [1.54, 1.807) is 0 Å². The van der Waals surface area contributed by atoms with Gasteiger partial charge in [0, 0.05) is 58.0 Å². The molecule has 1 fully saturated rings. The minimum atomic E-state index is -0.487. The zero-order valence-corrected chi connectivity index (χ0v) is 15.2. The molecule has 144 valence electrons. The van der Waals surface area contributed by atoms with Gasteiger partial charge in [0.05, 0.1) is 0 Å². The van der Waals surface area contributed by atoms with Crippen molar-refractivity contribution in [3.05, 3.63) is 63.4 Å². The Morgan fingerprint density at radius 1 is 1.00 bits per heavy atom. The van der Waals surface area contributed by atoms with Crippen LogP contribution in [0.2, 0.25) is 0 Å². The number of amides is 1. The number of carbonyl (C=O) groups is 1. The zero-order valence-electron chi connectivity index (χ0n) is 15.2. The van der Waals surface area contributed by atoms with Crippen LogP contribution in [0.4, 0.5) is 0 Å². The molecular weight excluding hydrogens is 348 g/mol. The molecule has 1 aliphatic rings. The number of nitrogens with one attached hydrogen (secondary N) is 1. The molecule has 8 nitrogen and oxygen atoms in total. The summed E-state index contributed by atoms with van der Waals surface area (Å²) in [6.45, 7) is 4.66. The Morgan fingerprint density at radius 3 is 2.44 bits per heavy atom. The number of hydrogen-bond donors (Lipinski definition) is 1. The highest BCUT2D eigenvalue weighted by Gasteiger charge is 2.20. The second kappa shape index (κ2) is 9.18. The number of aryl methyl sites for hydroxylation is 1. The predicted molar refractivity (Wildman–Crippen MR) is 101 cm³/mol. The molecule has 0 aliphatic carbocycles. The summed E-state index contributed by atoms with van der Waals surface area (Å²) in [4.78, 5) is 41.3. The number of ether oxygens (including phenoxy) is 1. The quantitative estimate of drug-likeness (QED) is 0.748. The van der Waals surface area contributed by atoms with Crippen molar-refractivity contribution in [1.29, 1.82) is 0 Å². The SMILES string of the molecule is O=C(CCn1ccc(=O)[nH]c1=O)N1CCN(CCOc2ccccc2)CC1. The molecule has 2 aromatic rings. The van der Waals surface area contributed by atoms with E-state index in [1.807, 2.05) is 35.2 Å². The number of carbonyl (C=O) groups excluding carboxylic acids is 1. The molecule has 1 saturated heterocycles. The van der Waals surface area contributed by atoms with Gasteiger partial charge in [-0.05, 0) is 12.1 Å². The minimum Gasteiger partial charge on any atom is -0.492 e. The van der Waals surface area contributed by atoms with Crippen LogP contribution in [0, 0.1) is 0 Å². The van der Waals surface area contributed by atoms with Crippen LogP contribution in [0.5, 0.6) is 5.75 Å². The Bertz CT molecular complexity index is 854. The van der Waals surface area contributed by atoms with Crippen LogP contribution < -0.4 is 16.0 Å². The van der Waals surface area contributed by atoms with Gasteiger partial charge in [-0.15, -0.1) is 0 Å². The molecule has 3 rings (SSSR count). The second-order valence-electron chi connectivity index (χ2n) is 6.44. The number of para-hydroxylation sites is 1. The molecule has 1 aromatic heterocycles. The van der Waals surface area contributed by atoms with Crippen LogP contribution in [-0.2, 0) is 11.3 Å². The topological polar surface area (TPSA) is 87.6 Å². The monoisotopic (exact) mass is 372 g/mol. The summed E-state index contributed by atoms with van der Waals surface area (Å²) in [7, 11) is 0. The number of aromatic amines is 1. The van der Waals surface area contributed by atoms with Gasteiger partial charge in [-0.25, -0.2) is 4.79 Å². The van der Waals surface area contributed by atoms with Gasteiger partial charge in [0.25, 0.3) is 5.56 Å². The van der Waals surface area contributed by atoms with Crippen LogP contribution in [0.1, 0.15) is 6.42 Å². The number of rotatable bonds is 7. The minimum absolute atomic E-state index is 0.0216. The van der Waals surface area contributed by atoms with Crippen LogP contribution in [0.25, 0.3) is 0 Å². The van der Waals surface area contributed by atoms with Gasteiger partial charge in [0.1, 0.15) is 12.4 Å². The summed E-state index contributed by atoms with van der Waals surface area (Å²) in [5.74, 6) is 0.886. The fourth-order valence-corrected chi connectivity index (χ4v) is 3.02. The summed E-state index contributed by atoms with van der Waals surface area (Å²) in [6, 6.07) is 11.0. The molecule has 1 aliphatic heterocycles. The van der Waals surface area contributed by atoms with Gasteiger partial charge in [-0.1, -0.05) is 18.2 Å². The maximum absolute atomic E-state index is 12.4. The molecule has 2 heterocycles. The molecule has 0 bridgehead atoms. The van der Waals surface area contributed by atoms with E-state index in [2.05, 4.69) is 9.88 Å². The number of aromatic nitrogens is 2. The summed E-state index contributed by atoms with van der Waals surface area (Å²) in [6.07, 6.45) is 1.65. The molecule has 8 heteroatoms. The first-order valence-electron chi connectivity index (χ1n) is 9.09. The number of nitrogens with zero attached hydrogens (tertiary/aromatic N) is 3. The zero-order chi connectivity index (χ0) is 19.1. The predicted octanol–water partition coefficient (Wildman–Crippen LogP) is 0.150. The van der Waals surface area contributed by atoms with Crippen molar-refractivity contribution < 1.29 is 9.53 Å². The molecule has 0 radical (unpaired) electrons. The van der Waals surface area contributed by atoms with E-state index in [1.165, 1.54) is 16.8 Å². The standard InChI is InChI=1S/C19H24N4O4/c24-17-6-8-23(19(26)20-17)9-7-18(25)22-12-10-21(11-13-22)14-15-27-16-4-2-1-3-5-16/h1-6,8H,7,9-15H2,(H,20,24,26). The first kappa shape index (κ1) is 18.9. The normalized spacial score (nSPS) is 14.9. The Balaban J connectivity index is 1.37. The van der Waals surface area contributed by atoms with Gasteiger partial charge in [0.2, 0.25) is 5.91 Å². The lowest BCUT2D eigenvalue weighted by Gasteiger charge is -2.34. The van der Waals surface area contributed by atoms with Gasteiger partial charge in [-0.3, -0.25) is 19.5 Å². The highest BCUT2D eigenvalue weighted by molar-refractivity contribution is 5.76.